The Hall–Kier alpha value is -4.07. The minimum atomic E-state index is 0.670. The largest absolute Gasteiger partial charge is 0.457 e. The molecule has 0 atom stereocenters. The number of nitrogens with one attached hydrogen (secondary N) is 1. The first-order chi connectivity index (χ1) is 14.2. The van der Waals surface area contributed by atoms with Crippen molar-refractivity contribution >= 4 is 28.2 Å². The second-order valence-electron chi connectivity index (χ2n) is 6.68. The van der Waals surface area contributed by atoms with E-state index in [2.05, 4.69) is 30.4 Å². The molecule has 0 radical (unpaired) electrons. The topological polar surface area (TPSA) is 90.1 Å². The molecule has 4 aromatic heterocycles. The predicted molar refractivity (Wildman–Crippen MR) is 110 cm³/mol. The van der Waals surface area contributed by atoms with Crippen LogP contribution in [0.3, 0.4) is 0 Å². The zero-order valence-corrected chi connectivity index (χ0v) is 15.9. The van der Waals surface area contributed by atoms with Crippen LogP contribution in [0.15, 0.2) is 61.3 Å². The van der Waals surface area contributed by atoms with Gasteiger partial charge in [0.2, 0.25) is 0 Å². The van der Waals surface area contributed by atoms with E-state index >= 15 is 0 Å². The van der Waals surface area contributed by atoms with Crippen molar-refractivity contribution in [2.45, 2.75) is 13.8 Å². The van der Waals surface area contributed by atoms with Crippen LogP contribution in [0.25, 0.3) is 16.7 Å². The van der Waals surface area contributed by atoms with E-state index in [0.29, 0.717) is 11.6 Å². The van der Waals surface area contributed by atoms with Crippen LogP contribution in [0.2, 0.25) is 0 Å². The highest BCUT2D eigenvalue weighted by Crippen LogP contribution is 2.29. The predicted octanol–water partition coefficient (Wildman–Crippen LogP) is 4.22. The maximum Gasteiger partial charge on any atom is 0.160 e. The standard InChI is InChI=1S/C21H17N7O/c1-13-9-15(27-21-20-17(22-11-24-21)5-3-14(2)26-20)4-6-18(13)29-16-7-8-28-19(10-16)23-12-25-28/h3-12H,1-2H3,(H,22,24,27). The summed E-state index contributed by atoms with van der Waals surface area (Å²) < 4.78 is 7.72. The van der Waals surface area contributed by atoms with E-state index in [9.17, 15) is 0 Å². The van der Waals surface area contributed by atoms with Gasteiger partial charge in [0.15, 0.2) is 11.5 Å². The van der Waals surface area contributed by atoms with Gasteiger partial charge in [-0.25, -0.2) is 24.5 Å². The van der Waals surface area contributed by atoms with Crippen LogP contribution in [-0.2, 0) is 0 Å². The summed E-state index contributed by atoms with van der Waals surface area (Å²) in [6, 6.07) is 13.5. The molecule has 0 aliphatic carbocycles. The molecule has 4 heterocycles. The third kappa shape index (κ3) is 3.31. The SMILES string of the molecule is Cc1ccc2ncnc(Nc3ccc(Oc4ccn5ncnc5c4)c(C)c3)c2n1. The number of hydrogen-bond donors (Lipinski definition) is 1. The lowest BCUT2D eigenvalue weighted by Crippen LogP contribution is -1.99. The lowest BCUT2D eigenvalue weighted by molar-refractivity contribution is 0.478. The molecule has 0 fully saturated rings. The Labute approximate surface area is 166 Å². The molecule has 5 rings (SSSR count). The number of nitrogens with zero attached hydrogens (tertiary/aromatic N) is 6. The van der Waals surface area contributed by atoms with E-state index in [4.69, 9.17) is 4.74 Å². The van der Waals surface area contributed by atoms with Gasteiger partial charge in [0.05, 0.1) is 5.52 Å². The Bertz CT molecular complexity index is 1350. The van der Waals surface area contributed by atoms with Gasteiger partial charge in [-0.3, -0.25) is 0 Å². The highest BCUT2D eigenvalue weighted by molar-refractivity contribution is 5.87. The second kappa shape index (κ2) is 6.83. The first kappa shape index (κ1) is 17.1. The zero-order chi connectivity index (χ0) is 19.8. The molecule has 8 heteroatoms. The molecule has 1 N–H and O–H groups in total. The van der Waals surface area contributed by atoms with Gasteiger partial charge in [0.25, 0.3) is 0 Å². The van der Waals surface area contributed by atoms with E-state index in [0.717, 1.165) is 39.4 Å². The second-order valence-corrected chi connectivity index (χ2v) is 6.68. The van der Waals surface area contributed by atoms with Crippen molar-refractivity contribution in [1.29, 1.82) is 0 Å². The van der Waals surface area contributed by atoms with Crippen molar-refractivity contribution in [3.63, 3.8) is 0 Å². The monoisotopic (exact) mass is 383 g/mol. The number of aromatic nitrogens is 6. The summed E-state index contributed by atoms with van der Waals surface area (Å²) in [5.74, 6) is 2.14. The fourth-order valence-corrected chi connectivity index (χ4v) is 3.09. The minimum absolute atomic E-state index is 0.670. The van der Waals surface area contributed by atoms with Gasteiger partial charge in [-0.2, -0.15) is 5.10 Å². The Morgan fingerprint density at radius 2 is 1.86 bits per heavy atom. The van der Waals surface area contributed by atoms with Crippen molar-refractivity contribution in [3.05, 3.63) is 72.6 Å². The Morgan fingerprint density at radius 1 is 0.931 bits per heavy atom. The summed E-state index contributed by atoms with van der Waals surface area (Å²) in [7, 11) is 0. The van der Waals surface area contributed by atoms with Crippen molar-refractivity contribution in [3.8, 4) is 11.5 Å². The molecule has 8 nitrogen and oxygen atoms in total. The van der Waals surface area contributed by atoms with Gasteiger partial charge in [0, 0.05) is 23.6 Å². The van der Waals surface area contributed by atoms with Crippen LogP contribution in [0.5, 0.6) is 11.5 Å². The zero-order valence-electron chi connectivity index (χ0n) is 15.9. The van der Waals surface area contributed by atoms with Crippen LogP contribution < -0.4 is 10.1 Å². The van der Waals surface area contributed by atoms with Gasteiger partial charge in [-0.15, -0.1) is 0 Å². The third-order valence-electron chi connectivity index (χ3n) is 4.54. The minimum Gasteiger partial charge on any atom is -0.457 e. The summed E-state index contributed by atoms with van der Waals surface area (Å²) in [4.78, 5) is 17.4. The van der Waals surface area contributed by atoms with Gasteiger partial charge < -0.3 is 10.1 Å². The van der Waals surface area contributed by atoms with E-state index in [1.807, 2.05) is 62.5 Å². The maximum absolute atomic E-state index is 6.03. The number of pyridine rings is 2. The van der Waals surface area contributed by atoms with E-state index < -0.39 is 0 Å². The van der Waals surface area contributed by atoms with E-state index in [1.165, 1.54) is 12.7 Å². The average Bonchev–Trinajstić information content (AvgIpc) is 3.18. The number of benzene rings is 1. The molecule has 29 heavy (non-hydrogen) atoms. The first-order valence-corrected chi connectivity index (χ1v) is 9.09. The van der Waals surface area contributed by atoms with Crippen molar-refractivity contribution < 1.29 is 4.74 Å². The summed E-state index contributed by atoms with van der Waals surface area (Å²) in [5.41, 5.74) is 5.07. The lowest BCUT2D eigenvalue weighted by atomic mass is 10.2. The average molecular weight is 383 g/mol. The van der Waals surface area contributed by atoms with Crippen LogP contribution in [0.4, 0.5) is 11.5 Å². The number of hydrogen-bond acceptors (Lipinski definition) is 7. The summed E-state index contributed by atoms with van der Waals surface area (Å²) >= 11 is 0. The van der Waals surface area contributed by atoms with Gasteiger partial charge >= 0.3 is 0 Å². The molecule has 0 saturated carbocycles. The molecule has 0 aliphatic heterocycles. The lowest BCUT2D eigenvalue weighted by Gasteiger charge is -2.12. The molecule has 0 unspecified atom stereocenters. The smallest absolute Gasteiger partial charge is 0.160 e. The van der Waals surface area contributed by atoms with Crippen LogP contribution in [0, 0.1) is 13.8 Å². The summed E-state index contributed by atoms with van der Waals surface area (Å²) in [6.45, 7) is 3.94. The molecule has 0 spiro atoms. The highest BCUT2D eigenvalue weighted by atomic mass is 16.5. The number of aryl methyl sites for hydroxylation is 2. The maximum atomic E-state index is 6.03. The van der Waals surface area contributed by atoms with Gasteiger partial charge in [0.1, 0.15) is 29.7 Å². The highest BCUT2D eigenvalue weighted by Gasteiger charge is 2.09. The fourth-order valence-electron chi connectivity index (χ4n) is 3.09. The molecule has 0 amide bonds. The first-order valence-electron chi connectivity index (χ1n) is 9.09. The van der Waals surface area contributed by atoms with E-state index in [-0.39, 0.29) is 0 Å². The Balaban J connectivity index is 1.42. The molecule has 5 aromatic rings. The van der Waals surface area contributed by atoms with Crippen LogP contribution in [-0.4, -0.2) is 29.5 Å². The fraction of sp³-hybridized carbons (Fsp3) is 0.0952. The third-order valence-corrected chi connectivity index (χ3v) is 4.54. The summed E-state index contributed by atoms with van der Waals surface area (Å²) in [6.07, 6.45) is 4.86. The van der Waals surface area contributed by atoms with Crippen LogP contribution >= 0.6 is 0 Å². The molecular formula is C21H17N7O. The van der Waals surface area contributed by atoms with Crippen molar-refractivity contribution in [2.75, 3.05) is 5.32 Å². The molecule has 142 valence electrons. The van der Waals surface area contributed by atoms with Gasteiger partial charge in [-0.1, -0.05) is 0 Å². The molecular weight excluding hydrogens is 366 g/mol. The number of anilines is 2. The molecule has 1 aromatic carbocycles. The molecule has 0 aliphatic rings. The van der Waals surface area contributed by atoms with Gasteiger partial charge in [-0.05, 0) is 55.8 Å². The van der Waals surface area contributed by atoms with Crippen molar-refractivity contribution in [1.82, 2.24) is 29.5 Å². The van der Waals surface area contributed by atoms with Crippen molar-refractivity contribution in [2.24, 2.45) is 0 Å². The van der Waals surface area contributed by atoms with E-state index in [1.54, 1.807) is 4.52 Å². The number of ether oxygens (including phenoxy) is 1. The summed E-state index contributed by atoms with van der Waals surface area (Å²) in [5, 5.41) is 7.43. The number of fused-ring (bicyclic) bond motifs is 2. The quantitative estimate of drug-likeness (QED) is 0.497. The Kier molecular flexibility index (Phi) is 4.02. The molecule has 0 saturated heterocycles. The normalized spacial score (nSPS) is 11.1. The Morgan fingerprint density at radius 3 is 2.76 bits per heavy atom. The molecule has 0 bridgehead atoms. The van der Waals surface area contributed by atoms with Crippen LogP contribution in [0.1, 0.15) is 11.3 Å². The number of rotatable bonds is 4.